The maximum atomic E-state index is 13.2. The van der Waals surface area contributed by atoms with Gasteiger partial charge >= 0.3 is 0 Å². The van der Waals surface area contributed by atoms with Gasteiger partial charge in [-0.1, -0.05) is 43.7 Å². The third-order valence-corrected chi connectivity index (χ3v) is 7.40. The van der Waals surface area contributed by atoms with Gasteiger partial charge in [-0.25, -0.2) is 4.68 Å². The molecule has 8 heteroatoms. The molecule has 8 nitrogen and oxygen atoms in total. The predicted molar refractivity (Wildman–Crippen MR) is 151 cm³/mol. The van der Waals surface area contributed by atoms with Crippen LogP contribution in [0.3, 0.4) is 0 Å². The summed E-state index contributed by atoms with van der Waals surface area (Å²) in [5.74, 6) is 1.63. The van der Waals surface area contributed by atoms with Gasteiger partial charge in [0.1, 0.15) is 5.75 Å². The van der Waals surface area contributed by atoms with Gasteiger partial charge in [0.05, 0.1) is 18.2 Å². The van der Waals surface area contributed by atoms with E-state index >= 15 is 0 Å². The van der Waals surface area contributed by atoms with E-state index in [4.69, 9.17) is 4.74 Å². The molecule has 2 aromatic carbocycles. The first-order valence-electron chi connectivity index (χ1n) is 13.6. The van der Waals surface area contributed by atoms with Gasteiger partial charge in [-0.3, -0.25) is 9.69 Å². The highest BCUT2D eigenvalue weighted by molar-refractivity contribution is 5.80. The van der Waals surface area contributed by atoms with Gasteiger partial charge < -0.3 is 9.72 Å². The zero-order valence-corrected chi connectivity index (χ0v) is 23.5. The van der Waals surface area contributed by atoms with Crippen molar-refractivity contribution in [3.8, 4) is 5.75 Å². The molecule has 0 aliphatic carbocycles. The van der Waals surface area contributed by atoms with E-state index in [-0.39, 0.29) is 17.1 Å². The van der Waals surface area contributed by atoms with Gasteiger partial charge in [0, 0.05) is 29.6 Å². The molecule has 0 aliphatic rings. The van der Waals surface area contributed by atoms with Crippen LogP contribution in [0.25, 0.3) is 10.9 Å². The van der Waals surface area contributed by atoms with Crippen molar-refractivity contribution in [1.82, 2.24) is 30.1 Å². The summed E-state index contributed by atoms with van der Waals surface area (Å²) in [6.07, 6.45) is 2.57. The molecule has 0 aliphatic heterocycles. The zero-order chi connectivity index (χ0) is 27.3. The molecule has 0 saturated heterocycles. The van der Waals surface area contributed by atoms with E-state index in [9.17, 15) is 4.79 Å². The molecule has 1 atom stereocenters. The summed E-state index contributed by atoms with van der Waals surface area (Å²) in [6, 6.07) is 16.3. The molecule has 202 valence electrons. The van der Waals surface area contributed by atoms with Crippen molar-refractivity contribution in [3.63, 3.8) is 0 Å². The van der Waals surface area contributed by atoms with Gasteiger partial charge in [0.2, 0.25) is 0 Å². The van der Waals surface area contributed by atoms with Crippen molar-refractivity contribution in [1.29, 1.82) is 0 Å². The molecule has 0 radical (unpaired) electrons. The first-order valence-corrected chi connectivity index (χ1v) is 13.6. The number of tetrazole rings is 1. The van der Waals surface area contributed by atoms with E-state index in [1.807, 2.05) is 35.9 Å². The van der Waals surface area contributed by atoms with E-state index in [0.29, 0.717) is 18.7 Å². The normalized spacial score (nSPS) is 12.8. The minimum absolute atomic E-state index is 0.0505. The lowest BCUT2D eigenvalue weighted by Crippen LogP contribution is -2.37. The Balaban J connectivity index is 1.73. The molecular weight excluding hydrogens is 476 g/mol. The second-order valence-electron chi connectivity index (χ2n) is 10.6. The number of pyridine rings is 1. The predicted octanol–water partition coefficient (Wildman–Crippen LogP) is 5.56. The maximum absolute atomic E-state index is 13.2. The van der Waals surface area contributed by atoms with Crippen molar-refractivity contribution in [2.45, 2.75) is 78.9 Å². The molecule has 0 fully saturated rings. The SMILES string of the molecule is CCOc1ccc2[nH]c(=O)c(CN(CCc3cccc(C)c3)[C@@H](CC)c3nnnn3C(C)(C)CC)cc2c1. The molecule has 0 unspecified atom stereocenters. The van der Waals surface area contributed by atoms with Crippen LogP contribution in [0.15, 0.2) is 53.3 Å². The Labute approximate surface area is 225 Å². The molecule has 2 aromatic heterocycles. The van der Waals surface area contributed by atoms with E-state index in [1.54, 1.807) is 0 Å². The highest BCUT2D eigenvalue weighted by Crippen LogP contribution is 2.29. The number of nitrogens with zero attached hydrogens (tertiary/aromatic N) is 5. The van der Waals surface area contributed by atoms with Gasteiger partial charge in [-0.2, -0.15) is 0 Å². The van der Waals surface area contributed by atoms with Gasteiger partial charge in [-0.05, 0) is 87.2 Å². The minimum atomic E-state index is -0.218. The molecule has 1 N–H and O–H groups in total. The highest BCUT2D eigenvalue weighted by atomic mass is 16.5. The zero-order valence-electron chi connectivity index (χ0n) is 23.5. The monoisotopic (exact) mass is 516 g/mol. The molecule has 4 aromatic rings. The topological polar surface area (TPSA) is 88.9 Å². The van der Waals surface area contributed by atoms with Crippen molar-refractivity contribution in [2.24, 2.45) is 0 Å². The smallest absolute Gasteiger partial charge is 0.252 e. The van der Waals surface area contributed by atoms with Crippen molar-refractivity contribution >= 4 is 10.9 Å². The molecule has 38 heavy (non-hydrogen) atoms. The number of ether oxygens (including phenoxy) is 1. The average Bonchev–Trinajstić information content (AvgIpc) is 3.39. The largest absolute Gasteiger partial charge is 0.494 e. The molecule has 0 amide bonds. The lowest BCUT2D eigenvalue weighted by Gasteiger charge is -2.33. The Morgan fingerprint density at radius 1 is 1.11 bits per heavy atom. The Kier molecular flexibility index (Phi) is 8.62. The fourth-order valence-electron chi connectivity index (χ4n) is 4.89. The summed E-state index contributed by atoms with van der Waals surface area (Å²) >= 11 is 0. The summed E-state index contributed by atoms with van der Waals surface area (Å²) in [4.78, 5) is 18.6. The fraction of sp³-hybridized carbons (Fsp3) is 0.467. The van der Waals surface area contributed by atoms with Crippen molar-refractivity contribution in [2.75, 3.05) is 13.2 Å². The van der Waals surface area contributed by atoms with E-state index in [1.165, 1.54) is 11.1 Å². The quantitative estimate of drug-likeness (QED) is 0.265. The van der Waals surface area contributed by atoms with Gasteiger partial charge in [-0.15, -0.1) is 5.10 Å². The Hall–Kier alpha value is -3.52. The van der Waals surface area contributed by atoms with E-state index < -0.39 is 0 Å². The van der Waals surface area contributed by atoms with Crippen LogP contribution in [0.4, 0.5) is 0 Å². The second-order valence-corrected chi connectivity index (χ2v) is 10.6. The first-order chi connectivity index (χ1) is 18.2. The van der Waals surface area contributed by atoms with Crippen LogP contribution in [0.1, 0.15) is 76.0 Å². The van der Waals surface area contributed by atoms with Gasteiger partial charge in [0.25, 0.3) is 5.56 Å². The number of benzene rings is 2. The average molecular weight is 517 g/mol. The number of H-pyrrole nitrogens is 1. The minimum Gasteiger partial charge on any atom is -0.494 e. The molecule has 0 spiro atoms. The Morgan fingerprint density at radius 2 is 1.92 bits per heavy atom. The molecule has 2 heterocycles. The summed E-state index contributed by atoms with van der Waals surface area (Å²) in [6.45, 7) is 14.5. The van der Waals surface area contributed by atoms with E-state index in [0.717, 1.165) is 48.3 Å². The lowest BCUT2D eigenvalue weighted by molar-refractivity contribution is 0.160. The number of aromatic nitrogens is 5. The Morgan fingerprint density at radius 3 is 2.63 bits per heavy atom. The van der Waals surface area contributed by atoms with Crippen LogP contribution in [0, 0.1) is 6.92 Å². The van der Waals surface area contributed by atoms with Crippen LogP contribution in [0.5, 0.6) is 5.75 Å². The molecule has 0 saturated carbocycles. The third kappa shape index (κ3) is 6.13. The number of hydrogen-bond donors (Lipinski definition) is 1. The molecule has 0 bridgehead atoms. The van der Waals surface area contributed by atoms with Crippen molar-refractivity contribution < 1.29 is 4.74 Å². The highest BCUT2D eigenvalue weighted by Gasteiger charge is 2.31. The summed E-state index contributed by atoms with van der Waals surface area (Å²) in [5, 5.41) is 13.9. The number of fused-ring (bicyclic) bond motifs is 1. The summed E-state index contributed by atoms with van der Waals surface area (Å²) < 4.78 is 7.65. The number of nitrogens with one attached hydrogen (secondary N) is 1. The number of rotatable bonds is 12. The first kappa shape index (κ1) is 27.5. The number of aromatic amines is 1. The van der Waals surface area contributed by atoms with Crippen LogP contribution >= 0.6 is 0 Å². The number of hydrogen-bond acceptors (Lipinski definition) is 6. The molecule has 4 rings (SSSR count). The lowest BCUT2D eigenvalue weighted by atomic mass is 10.0. The van der Waals surface area contributed by atoms with Crippen LogP contribution in [-0.4, -0.2) is 43.2 Å². The summed E-state index contributed by atoms with van der Waals surface area (Å²) in [7, 11) is 0. The third-order valence-electron chi connectivity index (χ3n) is 7.40. The van der Waals surface area contributed by atoms with Crippen molar-refractivity contribution in [3.05, 3.63) is 81.4 Å². The van der Waals surface area contributed by atoms with Crippen LogP contribution in [-0.2, 0) is 18.5 Å². The van der Waals surface area contributed by atoms with Crippen LogP contribution in [0.2, 0.25) is 0 Å². The maximum Gasteiger partial charge on any atom is 0.252 e. The number of aryl methyl sites for hydroxylation is 1. The van der Waals surface area contributed by atoms with Gasteiger partial charge in [0.15, 0.2) is 5.82 Å². The molecular formula is C30H40N6O2. The van der Waals surface area contributed by atoms with E-state index in [2.05, 4.69) is 84.3 Å². The standard InChI is InChI=1S/C30H40N6O2/c1-7-27(28-32-33-34-36(28)30(5,6)8-2)35(16-15-22-12-10-11-21(4)17-22)20-24-18-23-19-25(38-9-3)13-14-26(23)31-29(24)37/h10-14,17-19,27H,7-9,15-16,20H2,1-6H3,(H,31,37)/t27-/m0/s1. The second kappa shape index (κ2) is 11.9. The van der Waals surface area contributed by atoms with Crippen LogP contribution < -0.4 is 10.3 Å². The summed E-state index contributed by atoms with van der Waals surface area (Å²) in [5.41, 5.74) is 3.73. The Bertz CT molecular complexity index is 1420. The fourth-order valence-corrected chi connectivity index (χ4v) is 4.89.